The molecule has 1 aromatic rings. The minimum Gasteiger partial charge on any atom is -0.467 e. The topological polar surface area (TPSA) is 65.7 Å². The van der Waals surface area contributed by atoms with Gasteiger partial charge >= 0.3 is 0 Å². The van der Waals surface area contributed by atoms with E-state index in [1.807, 2.05) is 17.9 Å². The Kier molecular flexibility index (Phi) is 3.11. The van der Waals surface area contributed by atoms with Gasteiger partial charge in [-0.25, -0.2) is 0 Å². The molecular weight excluding hydrogens is 244 g/mol. The third-order valence-electron chi connectivity index (χ3n) is 4.24. The molecule has 1 unspecified atom stereocenters. The molecule has 3 rings (SSSR count). The van der Waals surface area contributed by atoms with Crippen LogP contribution in [0.2, 0.25) is 0 Å². The van der Waals surface area contributed by atoms with Gasteiger partial charge < -0.3 is 14.8 Å². The highest BCUT2D eigenvalue weighted by Crippen LogP contribution is 2.44. The van der Waals surface area contributed by atoms with Gasteiger partial charge in [0.05, 0.1) is 24.5 Å². The van der Waals surface area contributed by atoms with E-state index in [-0.39, 0.29) is 11.9 Å². The summed E-state index contributed by atoms with van der Waals surface area (Å²) in [5.74, 6) is 1.19. The molecule has 0 spiro atoms. The molecule has 2 N–H and O–H groups in total. The molecule has 0 radical (unpaired) electrons. The number of nitrogens with zero attached hydrogens (tertiary/aromatic N) is 1. The molecule has 2 aliphatic rings. The summed E-state index contributed by atoms with van der Waals surface area (Å²) < 4.78 is 5.17. The number of aliphatic hydroxyl groups is 1. The van der Waals surface area contributed by atoms with E-state index in [9.17, 15) is 9.90 Å². The number of likely N-dealkylation sites (tertiary alicyclic amines) is 1. The van der Waals surface area contributed by atoms with Crippen molar-refractivity contribution in [1.82, 2.24) is 10.2 Å². The lowest BCUT2D eigenvalue weighted by atomic mass is 9.87. The summed E-state index contributed by atoms with van der Waals surface area (Å²) in [6.07, 6.45) is 3.85. The van der Waals surface area contributed by atoms with Crippen LogP contribution in [0.4, 0.5) is 0 Å². The van der Waals surface area contributed by atoms with Crippen molar-refractivity contribution in [2.75, 3.05) is 13.1 Å². The number of rotatable bonds is 5. The lowest BCUT2D eigenvalue weighted by molar-refractivity contribution is -0.147. The highest BCUT2D eigenvalue weighted by atomic mass is 16.3. The Hall–Kier alpha value is -1.33. The van der Waals surface area contributed by atoms with Gasteiger partial charge in [-0.3, -0.25) is 9.69 Å². The maximum Gasteiger partial charge on any atom is 0.237 e. The highest BCUT2D eigenvalue weighted by molar-refractivity contribution is 5.81. The van der Waals surface area contributed by atoms with Crippen molar-refractivity contribution in [2.45, 2.75) is 38.0 Å². The minimum absolute atomic E-state index is 0.0192. The Morgan fingerprint density at radius 3 is 2.95 bits per heavy atom. The number of carbonyl (C=O) groups excluding carboxylic acids is 1. The Bertz CT molecular complexity index is 447. The maximum absolute atomic E-state index is 12.0. The van der Waals surface area contributed by atoms with Gasteiger partial charge in [0.2, 0.25) is 5.91 Å². The smallest absolute Gasteiger partial charge is 0.237 e. The second-order valence-corrected chi connectivity index (χ2v) is 5.76. The summed E-state index contributed by atoms with van der Waals surface area (Å²) in [7, 11) is 0. The van der Waals surface area contributed by atoms with Gasteiger partial charge in [0, 0.05) is 13.1 Å². The van der Waals surface area contributed by atoms with E-state index in [0.717, 1.165) is 18.6 Å². The van der Waals surface area contributed by atoms with Gasteiger partial charge in [-0.2, -0.15) is 0 Å². The van der Waals surface area contributed by atoms with Crippen LogP contribution in [0.1, 0.15) is 25.5 Å². The van der Waals surface area contributed by atoms with Crippen LogP contribution in [-0.2, 0) is 11.3 Å². The zero-order valence-electron chi connectivity index (χ0n) is 11.1. The van der Waals surface area contributed by atoms with Crippen molar-refractivity contribution in [1.29, 1.82) is 0 Å². The molecule has 1 aliphatic heterocycles. The first kappa shape index (κ1) is 12.7. The van der Waals surface area contributed by atoms with Crippen molar-refractivity contribution in [3.63, 3.8) is 0 Å². The number of amides is 1. The lowest BCUT2D eigenvalue weighted by Crippen LogP contribution is -2.67. The van der Waals surface area contributed by atoms with Crippen LogP contribution in [0, 0.1) is 5.92 Å². The fraction of sp³-hybridized carbons (Fsp3) is 0.643. The van der Waals surface area contributed by atoms with Gasteiger partial charge in [-0.15, -0.1) is 0 Å². The van der Waals surface area contributed by atoms with Crippen molar-refractivity contribution >= 4 is 5.91 Å². The van der Waals surface area contributed by atoms with Crippen LogP contribution in [0.3, 0.4) is 0 Å². The van der Waals surface area contributed by atoms with Crippen molar-refractivity contribution in [2.24, 2.45) is 5.92 Å². The largest absolute Gasteiger partial charge is 0.467 e. The zero-order chi connectivity index (χ0) is 13.5. The first-order chi connectivity index (χ1) is 9.08. The van der Waals surface area contributed by atoms with Gasteiger partial charge in [-0.1, -0.05) is 0 Å². The predicted molar refractivity (Wildman–Crippen MR) is 69.3 cm³/mol. The fourth-order valence-corrected chi connectivity index (χ4v) is 2.71. The molecule has 19 heavy (non-hydrogen) atoms. The average molecular weight is 264 g/mol. The number of carbonyl (C=O) groups is 1. The minimum atomic E-state index is -0.532. The molecule has 1 saturated carbocycles. The van der Waals surface area contributed by atoms with E-state index in [2.05, 4.69) is 5.32 Å². The van der Waals surface area contributed by atoms with Gasteiger partial charge in [0.15, 0.2) is 0 Å². The van der Waals surface area contributed by atoms with Crippen LogP contribution in [0.5, 0.6) is 0 Å². The molecule has 1 atom stereocenters. The summed E-state index contributed by atoms with van der Waals surface area (Å²) in [5, 5.41) is 13.1. The van der Waals surface area contributed by atoms with Crippen molar-refractivity contribution < 1.29 is 14.3 Å². The van der Waals surface area contributed by atoms with Crippen LogP contribution in [0.15, 0.2) is 22.8 Å². The van der Waals surface area contributed by atoms with E-state index < -0.39 is 5.60 Å². The van der Waals surface area contributed by atoms with Gasteiger partial charge in [-0.05, 0) is 37.8 Å². The number of hydrogen-bond donors (Lipinski definition) is 2. The van der Waals surface area contributed by atoms with E-state index in [4.69, 9.17) is 4.42 Å². The molecule has 1 aliphatic carbocycles. The lowest BCUT2D eigenvalue weighted by Gasteiger charge is -2.49. The standard InChI is InChI=1S/C14H20N2O3/c1-10(13(17)15-7-12-3-2-6-19-12)16-8-14(18,9-16)11-4-5-11/h2-3,6,10-11,18H,4-5,7-9H2,1H3,(H,15,17). The van der Waals surface area contributed by atoms with E-state index in [1.165, 1.54) is 0 Å². The summed E-state index contributed by atoms with van der Waals surface area (Å²) >= 11 is 0. The third kappa shape index (κ3) is 2.53. The normalized spacial score (nSPS) is 23.7. The van der Waals surface area contributed by atoms with Gasteiger partial charge in [0.1, 0.15) is 5.76 Å². The molecule has 1 aromatic heterocycles. The zero-order valence-corrected chi connectivity index (χ0v) is 11.1. The second-order valence-electron chi connectivity index (χ2n) is 5.76. The molecule has 2 fully saturated rings. The van der Waals surface area contributed by atoms with Gasteiger partial charge in [0.25, 0.3) is 0 Å². The summed E-state index contributed by atoms with van der Waals surface area (Å²) in [4.78, 5) is 14.0. The number of nitrogens with one attached hydrogen (secondary N) is 1. The van der Waals surface area contributed by atoms with E-state index in [0.29, 0.717) is 25.6 Å². The molecule has 1 saturated heterocycles. The van der Waals surface area contributed by atoms with Crippen LogP contribution >= 0.6 is 0 Å². The fourth-order valence-electron chi connectivity index (χ4n) is 2.71. The SMILES string of the molecule is CC(C(=O)NCc1ccco1)N1CC(O)(C2CC2)C1. The molecule has 0 aromatic carbocycles. The summed E-state index contributed by atoms with van der Waals surface area (Å²) in [6, 6.07) is 3.44. The third-order valence-corrected chi connectivity index (χ3v) is 4.24. The molecule has 2 heterocycles. The number of β-amino-alcohol motifs (C(OH)–C–C–N with tert-alkyl or cyclic N) is 1. The van der Waals surface area contributed by atoms with E-state index >= 15 is 0 Å². The molecule has 1 amide bonds. The first-order valence-corrected chi connectivity index (χ1v) is 6.85. The van der Waals surface area contributed by atoms with Crippen LogP contribution in [0.25, 0.3) is 0 Å². The number of hydrogen-bond acceptors (Lipinski definition) is 4. The van der Waals surface area contributed by atoms with E-state index in [1.54, 1.807) is 12.3 Å². The summed E-state index contributed by atoms with van der Waals surface area (Å²) in [5.41, 5.74) is -0.532. The molecule has 104 valence electrons. The van der Waals surface area contributed by atoms with Crippen LogP contribution < -0.4 is 5.32 Å². The molecule has 5 nitrogen and oxygen atoms in total. The van der Waals surface area contributed by atoms with Crippen LogP contribution in [-0.4, -0.2) is 40.6 Å². The quantitative estimate of drug-likeness (QED) is 0.823. The number of furan rings is 1. The average Bonchev–Trinajstić information content (AvgIpc) is 3.09. The Balaban J connectivity index is 1.45. The molecule has 5 heteroatoms. The predicted octanol–water partition coefficient (Wildman–Crippen LogP) is 0.741. The van der Waals surface area contributed by atoms with Crippen molar-refractivity contribution in [3.8, 4) is 0 Å². The monoisotopic (exact) mass is 264 g/mol. The Morgan fingerprint density at radius 1 is 1.63 bits per heavy atom. The highest BCUT2D eigenvalue weighted by Gasteiger charge is 2.53. The Labute approximate surface area is 112 Å². The second kappa shape index (κ2) is 4.65. The molecule has 0 bridgehead atoms. The molecular formula is C14H20N2O3. The Morgan fingerprint density at radius 2 is 2.37 bits per heavy atom. The first-order valence-electron chi connectivity index (χ1n) is 6.85. The summed E-state index contributed by atoms with van der Waals surface area (Å²) in [6.45, 7) is 3.53. The maximum atomic E-state index is 12.0. The van der Waals surface area contributed by atoms with Crippen molar-refractivity contribution in [3.05, 3.63) is 24.2 Å².